The quantitative estimate of drug-likeness (QED) is 0.841. The van der Waals surface area contributed by atoms with Crippen molar-refractivity contribution in [1.82, 2.24) is 9.97 Å². The van der Waals surface area contributed by atoms with Gasteiger partial charge in [-0.05, 0) is 25.2 Å². The zero-order chi connectivity index (χ0) is 12.4. The summed E-state index contributed by atoms with van der Waals surface area (Å²) in [7, 11) is 0. The minimum absolute atomic E-state index is 0.0322. The van der Waals surface area contributed by atoms with E-state index in [1.165, 1.54) is 32.1 Å². The molecule has 2 saturated carbocycles. The highest BCUT2D eigenvalue weighted by atomic mass is 16.1. The van der Waals surface area contributed by atoms with E-state index in [-0.39, 0.29) is 5.56 Å². The molecule has 0 atom stereocenters. The van der Waals surface area contributed by atoms with Crippen molar-refractivity contribution in [2.75, 3.05) is 11.9 Å². The van der Waals surface area contributed by atoms with E-state index in [9.17, 15) is 4.79 Å². The molecule has 0 bridgehead atoms. The van der Waals surface area contributed by atoms with Crippen molar-refractivity contribution in [2.24, 2.45) is 5.92 Å². The Balaban J connectivity index is 1.56. The maximum Gasteiger partial charge on any atom is 0.252 e. The smallest absolute Gasteiger partial charge is 0.252 e. The van der Waals surface area contributed by atoms with Crippen LogP contribution in [0.15, 0.2) is 10.9 Å². The Morgan fingerprint density at radius 2 is 2.06 bits per heavy atom. The van der Waals surface area contributed by atoms with Crippen LogP contribution in [0.4, 0.5) is 5.82 Å². The molecule has 2 aliphatic carbocycles. The van der Waals surface area contributed by atoms with Crippen LogP contribution in [0.1, 0.15) is 56.7 Å². The zero-order valence-corrected chi connectivity index (χ0v) is 10.7. The van der Waals surface area contributed by atoms with Crippen LogP contribution in [0.2, 0.25) is 0 Å². The number of hydrogen-bond donors (Lipinski definition) is 2. The third-order valence-corrected chi connectivity index (χ3v) is 4.06. The Morgan fingerprint density at radius 3 is 2.78 bits per heavy atom. The number of H-pyrrole nitrogens is 1. The fourth-order valence-electron chi connectivity index (χ4n) is 2.82. The lowest BCUT2D eigenvalue weighted by Crippen LogP contribution is -2.14. The molecule has 2 N–H and O–H groups in total. The first kappa shape index (κ1) is 11.8. The summed E-state index contributed by atoms with van der Waals surface area (Å²) < 4.78 is 0. The van der Waals surface area contributed by atoms with E-state index in [2.05, 4.69) is 15.3 Å². The van der Waals surface area contributed by atoms with Gasteiger partial charge in [0.15, 0.2) is 0 Å². The Hall–Kier alpha value is -1.32. The summed E-state index contributed by atoms with van der Waals surface area (Å²) in [6.07, 6.45) is 9.05. The Bertz CT molecular complexity index is 458. The van der Waals surface area contributed by atoms with Gasteiger partial charge in [-0.15, -0.1) is 0 Å². The largest absolute Gasteiger partial charge is 0.370 e. The highest BCUT2D eigenvalue weighted by Gasteiger charge is 2.26. The third kappa shape index (κ3) is 2.92. The van der Waals surface area contributed by atoms with Gasteiger partial charge in [-0.3, -0.25) is 4.79 Å². The molecule has 98 valence electrons. The Morgan fingerprint density at radius 1 is 1.28 bits per heavy atom. The molecule has 1 aromatic heterocycles. The second-order valence-electron chi connectivity index (χ2n) is 5.66. The van der Waals surface area contributed by atoms with Crippen LogP contribution >= 0.6 is 0 Å². The number of anilines is 1. The van der Waals surface area contributed by atoms with Crippen LogP contribution in [-0.2, 0) is 0 Å². The van der Waals surface area contributed by atoms with E-state index in [1.807, 2.05) is 0 Å². The van der Waals surface area contributed by atoms with E-state index in [0.29, 0.717) is 5.92 Å². The first-order valence-corrected chi connectivity index (χ1v) is 7.16. The lowest BCUT2D eigenvalue weighted by Gasteiger charge is -2.10. The molecule has 0 saturated heterocycles. The fourth-order valence-corrected chi connectivity index (χ4v) is 2.82. The van der Waals surface area contributed by atoms with Gasteiger partial charge in [0, 0.05) is 18.5 Å². The van der Waals surface area contributed by atoms with Crippen molar-refractivity contribution in [3.63, 3.8) is 0 Å². The van der Waals surface area contributed by atoms with E-state index in [4.69, 9.17) is 0 Å². The van der Waals surface area contributed by atoms with E-state index < -0.39 is 0 Å². The molecular formula is C14H21N3O. The summed E-state index contributed by atoms with van der Waals surface area (Å²) in [5.74, 6) is 2.99. The SMILES string of the molecule is O=c1cc(NCCC2CCCC2)nc(C2CC2)[nH]1. The number of aromatic amines is 1. The topological polar surface area (TPSA) is 57.8 Å². The van der Waals surface area contributed by atoms with Crippen molar-refractivity contribution in [2.45, 2.75) is 50.9 Å². The minimum atomic E-state index is -0.0322. The number of hydrogen-bond acceptors (Lipinski definition) is 3. The molecule has 3 rings (SSSR count). The fraction of sp³-hybridized carbons (Fsp3) is 0.714. The molecule has 1 aromatic rings. The summed E-state index contributed by atoms with van der Waals surface area (Å²) in [6, 6.07) is 1.57. The minimum Gasteiger partial charge on any atom is -0.370 e. The van der Waals surface area contributed by atoms with Gasteiger partial charge in [0.1, 0.15) is 11.6 Å². The molecule has 2 fully saturated rings. The van der Waals surface area contributed by atoms with Crippen LogP contribution in [0.5, 0.6) is 0 Å². The van der Waals surface area contributed by atoms with E-state index in [1.54, 1.807) is 6.07 Å². The van der Waals surface area contributed by atoms with Gasteiger partial charge in [0.2, 0.25) is 0 Å². The summed E-state index contributed by atoms with van der Waals surface area (Å²) >= 11 is 0. The number of rotatable bonds is 5. The Kier molecular flexibility index (Phi) is 3.35. The van der Waals surface area contributed by atoms with Crippen LogP contribution in [-0.4, -0.2) is 16.5 Å². The lowest BCUT2D eigenvalue weighted by atomic mass is 10.0. The predicted molar refractivity (Wildman–Crippen MR) is 71.9 cm³/mol. The van der Waals surface area contributed by atoms with Gasteiger partial charge >= 0.3 is 0 Å². The molecule has 0 aliphatic heterocycles. The molecule has 0 aromatic carbocycles. The van der Waals surface area contributed by atoms with E-state index in [0.717, 1.165) is 36.9 Å². The van der Waals surface area contributed by atoms with Crippen LogP contribution < -0.4 is 10.9 Å². The third-order valence-electron chi connectivity index (χ3n) is 4.06. The summed E-state index contributed by atoms with van der Waals surface area (Å²) in [5.41, 5.74) is -0.0322. The van der Waals surface area contributed by atoms with Gasteiger partial charge < -0.3 is 10.3 Å². The van der Waals surface area contributed by atoms with Gasteiger partial charge in [-0.1, -0.05) is 25.7 Å². The molecule has 4 heteroatoms. The molecule has 18 heavy (non-hydrogen) atoms. The molecule has 1 heterocycles. The first-order chi connectivity index (χ1) is 8.81. The van der Waals surface area contributed by atoms with Crippen molar-refractivity contribution in [3.8, 4) is 0 Å². The molecule has 2 aliphatic rings. The van der Waals surface area contributed by atoms with E-state index >= 15 is 0 Å². The van der Waals surface area contributed by atoms with Crippen LogP contribution in [0.3, 0.4) is 0 Å². The number of nitrogens with zero attached hydrogens (tertiary/aromatic N) is 1. The Labute approximate surface area is 107 Å². The predicted octanol–water partition coefficient (Wildman–Crippen LogP) is 2.64. The standard InChI is InChI=1S/C14H21N3O/c18-13-9-12(16-14(17-13)11-5-6-11)15-8-7-10-3-1-2-4-10/h9-11H,1-8H2,(H2,15,16,17,18). The lowest BCUT2D eigenvalue weighted by molar-refractivity contribution is 0.518. The van der Waals surface area contributed by atoms with Crippen molar-refractivity contribution in [1.29, 1.82) is 0 Å². The van der Waals surface area contributed by atoms with Gasteiger partial charge in [-0.25, -0.2) is 4.98 Å². The highest BCUT2D eigenvalue weighted by molar-refractivity contribution is 5.33. The second kappa shape index (κ2) is 5.12. The molecule has 0 amide bonds. The monoisotopic (exact) mass is 247 g/mol. The summed E-state index contributed by atoms with van der Waals surface area (Å²) in [4.78, 5) is 18.9. The first-order valence-electron chi connectivity index (χ1n) is 7.16. The van der Waals surface area contributed by atoms with Crippen molar-refractivity contribution < 1.29 is 0 Å². The average molecular weight is 247 g/mol. The normalized spacial score (nSPS) is 20.2. The molecule has 4 nitrogen and oxygen atoms in total. The molecule has 0 radical (unpaired) electrons. The van der Waals surface area contributed by atoms with Gasteiger partial charge in [0.25, 0.3) is 5.56 Å². The molecule has 0 unspecified atom stereocenters. The number of aromatic nitrogens is 2. The maximum atomic E-state index is 11.5. The number of nitrogens with one attached hydrogen (secondary N) is 2. The van der Waals surface area contributed by atoms with Crippen LogP contribution in [0, 0.1) is 5.92 Å². The summed E-state index contributed by atoms with van der Waals surface area (Å²) in [6.45, 7) is 0.936. The highest BCUT2D eigenvalue weighted by Crippen LogP contribution is 2.37. The summed E-state index contributed by atoms with van der Waals surface area (Å²) in [5, 5.41) is 3.30. The molecule has 0 spiro atoms. The average Bonchev–Trinajstić information content (AvgIpc) is 3.08. The van der Waals surface area contributed by atoms with Gasteiger partial charge in [-0.2, -0.15) is 0 Å². The molecular weight excluding hydrogens is 226 g/mol. The second-order valence-corrected chi connectivity index (χ2v) is 5.66. The maximum absolute atomic E-state index is 11.5. The van der Waals surface area contributed by atoms with Gasteiger partial charge in [0.05, 0.1) is 0 Å². The zero-order valence-electron chi connectivity index (χ0n) is 10.7. The van der Waals surface area contributed by atoms with Crippen molar-refractivity contribution >= 4 is 5.82 Å². The van der Waals surface area contributed by atoms with Crippen LogP contribution in [0.25, 0.3) is 0 Å². The van der Waals surface area contributed by atoms with Crippen molar-refractivity contribution in [3.05, 3.63) is 22.2 Å².